The maximum atomic E-state index is 12.5. The monoisotopic (exact) mass is 337 g/mol. The Morgan fingerprint density at radius 2 is 2.09 bits per heavy atom. The fourth-order valence-electron chi connectivity index (χ4n) is 2.15. The third-order valence-electron chi connectivity index (χ3n) is 3.41. The molecule has 2 rings (SSSR count). The van der Waals surface area contributed by atoms with Crippen molar-refractivity contribution in [1.29, 1.82) is 0 Å². The zero-order valence-corrected chi connectivity index (χ0v) is 14.0. The molecule has 0 saturated heterocycles. The van der Waals surface area contributed by atoms with Gasteiger partial charge < -0.3 is 20.1 Å². The molecule has 2 aromatic rings. The zero-order valence-electron chi connectivity index (χ0n) is 13.2. The number of hydrogen-bond donors (Lipinski definition) is 3. The summed E-state index contributed by atoms with van der Waals surface area (Å²) in [4.78, 5) is 4.88. The van der Waals surface area contributed by atoms with Gasteiger partial charge in [0.05, 0.1) is 41.3 Å². The van der Waals surface area contributed by atoms with Crippen LogP contribution in [-0.2, 0) is 23.1 Å². The first-order valence-electron chi connectivity index (χ1n) is 7.64. The molecular formula is C16H23N3O3S. The van der Waals surface area contributed by atoms with Crippen molar-refractivity contribution in [2.45, 2.75) is 36.6 Å². The second-order valence-corrected chi connectivity index (χ2v) is 6.76. The highest BCUT2D eigenvalue weighted by molar-refractivity contribution is 7.84. The van der Waals surface area contributed by atoms with Crippen LogP contribution < -0.4 is 5.32 Å². The third kappa shape index (κ3) is 5.16. The normalized spacial score (nSPS) is 13.7. The van der Waals surface area contributed by atoms with E-state index < -0.39 is 16.9 Å². The number of nitrogens with one attached hydrogen (secondary N) is 1. The van der Waals surface area contributed by atoms with Crippen LogP contribution in [0.25, 0.3) is 0 Å². The number of nitrogens with zero attached hydrogens (tertiary/aromatic N) is 2. The topological polar surface area (TPSA) is 87.4 Å². The number of benzene rings is 1. The highest BCUT2D eigenvalue weighted by Crippen LogP contribution is 2.16. The van der Waals surface area contributed by atoms with E-state index in [0.717, 1.165) is 29.2 Å². The molecule has 0 aliphatic rings. The summed E-state index contributed by atoms with van der Waals surface area (Å²) in [5, 5.41) is 21.1. The van der Waals surface area contributed by atoms with Crippen molar-refractivity contribution in [2.24, 2.45) is 0 Å². The van der Waals surface area contributed by atoms with Gasteiger partial charge in [0, 0.05) is 29.9 Å². The Balaban J connectivity index is 1.96. The molecule has 0 spiro atoms. The van der Waals surface area contributed by atoms with Crippen LogP contribution in [0.1, 0.15) is 19.0 Å². The average molecular weight is 337 g/mol. The summed E-state index contributed by atoms with van der Waals surface area (Å²) in [5.41, 5.74) is 1.78. The van der Waals surface area contributed by atoms with Crippen molar-refractivity contribution < 1.29 is 14.4 Å². The maximum absolute atomic E-state index is 12.5. The van der Waals surface area contributed by atoms with E-state index in [0.29, 0.717) is 5.75 Å². The summed E-state index contributed by atoms with van der Waals surface area (Å²) in [6.07, 6.45) is 3.76. The van der Waals surface area contributed by atoms with Crippen molar-refractivity contribution in [3.8, 4) is 0 Å². The highest BCUT2D eigenvalue weighted by atomic mass is 32.2. The summed E-state index contributed by atoms with van der Waals surface area (Å²) >= 11 is 0. The lowest BCUT2D eigenvalue weighted by Crippen LogP contribution is -2.22. The molecule has 0 radical (unpaired) electrons. The molecule has 23 heavy (non-hydrogen) atoms. The van der Waals surface area contributed by atoms with E-state index >= 15 is 0 Å². The summed E-state index contributed by atoms with van der Waals surface area (Å²) in [7, 11) is -1.13. The molecular weight excluding hydrogens is 314 g/mol. The first kappa shape index (κ1) is 17.7. The predicted molar refractivity (Wildman–Crippen MR) is 90.7 cm³/mol. The molecule has 0 amide bonds. The molecule has 1 heterocycles. The largest absolute Gasteiger partial charge is 0.394 e. The molecule has 2 atom stereocenters. The second-order valence-electron chi connectivity index (χ2n) is 5.31. The number of hydrogen-bond acceptors (Lipinski definition) is 5. The van der Waals surface area contributed by atoms with Gasteiger partial charge in [-0.15, -0.1) is 0 Å². The first-order valence-corrected chi connectivity index (χ1v) is 8.96. The lowest BCUT2D eigenvalue weighted by molar-refractivity contribution is 0.105. The fourth-order valence-corrected chi connectivity index (χ4v) is 3.27. The van der Waals surface area contributed by atoms with Gasteiger partial charge in [-0.2, -0.15) is 0 Å². The van der Waals surface area contributed by atoms with Gasteiger partial charge in [-0.1, -0.05) is 6.92 Å². The van der Waals surface area contributed by atoms with Crippen LogP contribution >= 0.6 is 0 Å². The van der Waals surface area contributed by atoms with Crippen LogP contribution in [0.5, 0.6) is 0 Å². The third-order valence-corrected chi connectivity index (χ3v) is 4.77. The number of imidazole rings is 1. The Labute approximate surface area is 138 Å². The van der Waals surface area contributed by atoms with Gasteiger partial charge in [0.25, 0.3) is 0 Å². The van der Waals surface area contributed by atoms with Crippen molar-refractivity contribution >= 4 is 16.5 Å². The molecule has 0 saturated carbocycles. The van der Waals surface area contributed by atoms with Gasteiger partial charge in [-0.3, -0.25) is 4.21 Å². The number of rotatable bonds is 9. The van der Waals surface area contributed by atoms with Gasteiger partial charge in [0.2, 0.25) is 0 Å². The smallest absolute Gasteiger partial charge is 0.0948 e. The van der Waals surface area contributed by atoms with E-state index in [1.54, 1.807) is 12.5 Å². The van der Waals surface area contributed by atoms with Crippen LogP contribution in [0, 0.1) is 0 Å². The van der Waals surface area contributed by atoms with E-state index in [9.17, 15) is 9.32 Å². The zero-order chi connectivity index (χ0) is 16.7. The molecule has 0 fully saturated rings. The molecule has 3 N–H and O–H groups in total. The average Bonchev–Trinajstić information content (AvgIpc) is 3.00. The number of aliphatic hydroxyl groups excluding tert-OH is 2. The molecule has 0 aliphatic carbocycles. The quantitative estimate of drug-likeness (QED) is 0.643. The number of aromatic nitrogens is 2. The van der Waals surface area contributed by atoms with Gasteiger partial charge >= 0.3 is 0 Å². The van der Waals surface area contributed by atoms with E-state index in [2.05, 4.69) is 17.2 Å². The molecule has 0 aliphatic heterocycles. The minimum Gasteiger partial charge on any atom is -0.394 e. The van der Waals surface area contributed by atoms with Crippen LogP contribution in [-0.4, -0.2) is 43.2 Å². The van der Waals surface area contributed by atoms with Gasteiger partial charge in [0.1, 0.15) is 0 Å². The van der Waals surface area contributed by atoms with Crippen molar-refractivity contribution in [2.75, 3.05) is 18.5 Å². The minimum absolute atomic E-state index is 0.273. The Bertz CT molecular complexity index is 628. The van der Waals surface area contributed by atoms with Gasteiger partial charge in [-0.05, 0) is 30.7 Å². The van der Waals surface area contributed by atoms with E-state index in [1.807, 2.05) is 28.8 Å². The predicted octanol–water partition coefficient (Wildman–Crippen LogP) is 1.37. The van der Waals surface area contributed by atoms with Crippen LogP contribution in [0.2, 0.25) is 0 Å². The summed E-state index contributed by atoms with van der Waals surface area (Å²) in [5.74, 6) is 0.440. The van der Waals surface area contributed by atoms with Crippen molar-refractivity contribution in [3.63, 3.8) is 0 Å². The Kier molecular flexibility index (Phi) is 6.76. The molecule has 6 nitrogen and oxygen atoms in total. The van der Waals surface area contributed by atoms with Crippen molar-refractivity contribution in [3.05, 3.63) is 42.5 Å². The SMILES string of the molecule is CCCn1cncc1CS(=O)c1ccc(NCC(O)CO)cc1. The number of aliphatic hydroxyl groups is 2. The molecule has 0 bridgehead atoms. The van der Waals surface area contributed by atoms with Crippen LogP contribution in [0.15, 0.2) is 41.7 Å². The molecule has 2 unspecified atom stereocenters. The summed E-state index contributed by atoms with van der Waals surface area (Å²) < 4.78 is 14.5. The molecule has 7 heteroatoms. The first-order chi connectivity index (χ1) is 11.1. The maximum Gasteiger partial charge on any atom is 0.0948 e. The molecule has 1 aromatic carbocycles. The van der Waals surface area contributed by atoms with E-state index in [-0.39, 0.29) is 13.2 Å². The summed E-state index contributed by atoms with van der Waals surface area (Å²) in [6.45, 7) is 2.97. The van der Waals surface area contributed by atoms with E-state index in [4.69, 9.17) is 5.11 Å². The van der Waals surface area contributed by atoms with Crippen LogP contribution in [0.3, 0.4) is 0 Å². The fraction of sp³-hybridized carbons (Fsp3) is 0.438. The number of anilines is 1. The van der Waals surface area contributed by atoms with Crippen LogP contribution in [0.4, 0.5) is 5.69 Å². The Hall–Kier alpha value is -1.70. The van der Waals surface area contributed by atoms with Gasteiger partial charge in [0.15, 0.2) is 0 Å². The second kappa shape index (κ2) is 8.81. The molecule has 1 aromatic heterocycles. The lowest BCUT2D eigenvalue weighted by Gasteiger charge is -2.11. The Morgan fingerprint density at radius 1 is 1.35 bits per heavy atom. The standard InChI is InChI=1S/C16H23N3O3S/c1-2-7-19-12-17-8-14(19)11-23(22)16-5-3-13(4-6-16)18-9-15(21)10-20/h3-6,8,12,15,18,20-21H,2,7,9-11H2,1H3. The van der Waals surface area contributed by atoms with E-state index in [1.165, 1.54) is 0 Å². The lowest BCUT2D eigenvalue weighted by atomic mass is 10.3. The number of aryl methyl sites for hydroxylation is 1. The van der Waals surface area contributed by atoms with Crippen molar-refractivity contribution in [1.82, 2.24) is 9.55 Å². The molecule has 126 valence electrons. The highest BCUT2D eigenvalue weighted by Gasteiger charge is 2.09. The van der Waals surface area contributed by atoms with Gasteiger partial charge in [-0.25, -0.2) is 4.98 Å². The minimum atomic E-state index is -1.13. The summed E-state index contributed by atoms with van der Waals surface area (Å²) in [6, 6.07) is 7.26. The Morgan fingerprint density at radius 3 is 2.74 bits per heavy atom.